The van der Waals surface area contributed by atoms with Crippen LogP contribution in [0.4, 0.5) is 10.5 Å². The monoisotopic (exact) mass is 383 g/mol. The highest BCUT2D eigenvalue weighted by atomic mass is 16.6. The van der Waals surface area contributed by atoms with E-state index in [0.717, 1.165) is 6.08 Å². The van der Waals surface area contributed by atoms with Crippen LogP contribution in [0.2, 0.25) is 0 Å². The number of urea groups is 1. The SMILES string of the molecule is CNC(=O)NC(=O)[C@@H](OC(=O)/C=C/c1ccccc1[N+](=O)[O-])c1ccccc1. The van der Waals surface area contributed by atoms with Gasteiger partial charge in [-0.25, -0.2) is 9.59 Å². The van der Waals surface area contributed by atoms with Crippen molar-refractivity contribution in [3.63, 3.8) is 0 Å². The van der Waals surface area contributed by atoms with Gasteiger partial charge in [0.1, 0.15) is 0 Å². The highest BCUT2D eigenvalue weighted by Crippen LogP contribution is 2.21. The first-order chi connectivity index (χ1) is 13.4. The van der Waals surface area contributed by atoms with Gasteiger partial charge < -0.3 is 10.1 Å². The molecule has 0 bridgehead atoms. The first-order valence-electron chi connectivity index (χ1n) is 8.12. The summed E-state index contributed by atoms with van der Waals surface area (Å²) in [5, 5.41) is 15.3. The Morgan fingerprint density at radius 2 is 1.71 bits per heavy atom. The predicted molar refractivity (Wildman–Crippen MR) is 100 cm³/mol. The van der Waals surface area contributed by atoms with Crippen LogP contribution in [0.3, 0.4) is 0 Å². The normalized spacial score (nSPS) is 11.5. The van der Waals surface area contributed by atoms with Gasteiger partial charge in [0.05, 0.1) is 10.5 Å². The van der Waals surface area contributed by atoms with Crippen molar-refractivity contribution in [1.82, 2.24) is 10.6 Å². The summed E-state index contributed by atoms with van der Waals surface area (Å²) in [5.74, 6) is -1.74. The summed E-state index contributed by atoms with van der Waals surface area (Å²) in [5.41, 5.74) is 0.385. The number of nitrogens with one attached hydrogen (secondary N) is 2. The Kier molecular flexibility index (Phi) is 6.98. The lowest BCUT2D eigenvalue weighted by Crippen LogP contribution is -2.41. The smallest absolute Gasteiger partial charge is 0.331 e. The van der Waals surface area contributed by atoms with Crippen LogP contribution in [0, 0.1) is 10.1 Å². The van der Waals surface area contributed by atoms with Crippen LogP contribution < -0.4 is 10.6 Å². The Morgan fingerprint density at radius 3 is 2.36 bits per heavy atom. The van der Waals surface area contributed by atoms with Gasteiger partial charge in [0.2, 0.25) is 6.10 Å². The fraction of sp³-hybridized carbons (Fsp3) is 0.105. The van der Waals surface area contributed by atoms with E-state index in [1.807, 2.05) is 0 Å². The molecule has 9 nitrogen and oxygen atoms in total. The van der Waals surface area contributed by atoms with Gasteiger partial charge in [0.15, 0.2) is 0 Å². The maximum Gasteiger partial charge on any atom is 0.331 e. The molecule has 28 heavy (non-hydrogen) atoms. The largest absolute Gasteiger partial charge is 0.444 e. The van der Waals surface area contributed by atoms with Crippen molar-refractivity contribution in [1.29, 1.82) is 0 Å². The number of para-hydroxylation sites is 1. The lowest BCUT2D eigenvalue weighted by Gasteiger charge is -2.16. The van der Waals surface area contributed by atoms with Crippen LogP contribution in [0.15, 0.2) is 60.7 Å². The maximum absolute atomic E-state index is 12.3. The molecule has 2 rings (SSSR count). The first kappa shape index (κ1) is 20.3. The zero-order valence-electron chi connectivity index (χ0n) is 14.8. The number of hydrogen-bond acceptors (Lipinski definition) is 6. The fourth-order valence-electron chi connectivity index (χ4n) is 2.25. The van der Waals surface area contributed by atoms with Crippen LogP contribution in [-0.2, 0) is 14.3 Å². The van der Waals surface area contributed by atoms with Crippen molar-refractivity contribution in [2.45, 2.75) is 6.10 Å². The molecule has 0 saturated heterocycles. The zero-order chi connectivity index (χ0) is 20.5. The fourth-order valence-corrected chi connectivity index (χ4v) is 2.25. The maximum atomic E-state index is 12.3. The Balaban J connectivity index is 2.20. The van der Waals surface area contributed by atoms with E-state index in [0.29, 0.717) is 5.56 Å². The van der Waals surface area contributed by atoms with Gasteiger partial charge in [-0.2, -0.15) is 0 Å². The summed E-state index contributed by atoms with van der Waals surface area (Å²) in [6, 6.07) is 13.2. The van der Waals surface area contributed by atoms with Gasteiger partial charge in [0.25, 0.3) is 11.6 Å². The topological polar surface area (TPSA) is 128 Å². The van der Waals surface area contributed by atoms with Crippen molar-refractivity contribution in [2.24, 2.45) is 0 Å². The minimum Gasteiger partial charge on any atom is -0.444 e. The summed E-state index contributed by atoms with van der Waals surface area (Å²) in [4.78, 5) is 46.3. The molecule has 0 aliphatic carbocycles. The van der Waals surface area contributed by atoms with Gasteiger partial charge in [0, 0.05) is 24.8 Å². The van der Waals surface area contributed by atoms with Gasteiger partial charge in [-0.1, -0.05) is 42.5 Å². The number of nitro benzene ring substituents is 1. The predicted octanol–water partition coefficient (Wildman–Crippen LogP) is 2.35. The average molecular weight is 383 g/mol. The van der Waals surface area contributed by atoms with E-state index in [1.54, 1.807) is 36.4 Å². The number of benzene rings is 2. The standard InChI is InChI=1S/C19H17N3O6/c1-20-19(25)21-18(24)17(14-8-3-2-4-9-14)28-16(23)12-11-13-7-5-6-10-15(13)22(26)27/h2-12,17H,1H3,(H2,20,21,24,25)/b12-11+/t17-/m0/s1. The average Bonchev–Trinajstić information content (AvgIpc) is 2.71. The number of amides is 3. The minimum absolute atomic E-state index is 0.177. The van der Waals surface area contributed by atoms with Gasteiger partial charge in [-0.05, 0) is 12.1 Å². The molecule has 0 unspecified atom stereocenters. The molecular formula is C19H17N3O6. The van der Waals surface area contributed by atoms with E-state index in [9.17, 15) is 24.5 Å². The molecule has 0 aromatic heterocycles. The van der Waals surface area contributed by atoms with Crippen molar-refractivity contribution in [2.75, 3.05) is 7.05 Å². The number of hydrogen-bond donors (Lipinski definition) is 2. The van der Waals surface area contributed by atoms with E-state index >= 15 is 0 Å². The summed E-state index contributed by atoms with van der Waals surface area (Å²) >= 11 is 0. The van der Waals surface area contributed by atoms with Crippen molar-refractivity contribution in [3.05, 3.63) is 81.9 Å². The van der Waals surface area contributed by atoms with E-state index < -0.39 is 28.9 Å². The van der Waals surface area contributed by atoms with Crippen LogP contribution in [0.25, 0.3) is 6.08 Å². The molecule has 3 amide bonds. The third kappa shape index (κ3) is 5.49. The lowest BCUT2D eigenvalue weighted by atomic mass is 10.1. The molecular weight excluding hydrogens is 366 g/mol. The van der Waals surface area contributed by atoms with Crippen molar-refractivity contribution < 1.29 is 24.0 Å². The second-order valence-corrected chi connectivity index (χ2v) is 5.45. The second kappa shape index (κ2) is 9.62. The third-order valence-electron chi connectivity index (χ3n) is 3.57. The Labute approximate surface area is 160 Å². The highest BCUT2D eigenvalue weighted by Gasteiger charge is 2.25. The van der Waals surface area contributed by atoms with E-state index in [-0.39, 0.29) is 11.3 Å². The molecule has 2 aromatic carbocycles. The van der Waals surface area contributed by atoms with E-state index in [2.05, 4.69) is 10.6 Å². The number of carbonyl (C=O) groups is 3. The first-order valence-corrected chi connectivity index (χ1v) is 8.12. The summed E-state index contributed by atoms with van der Waals surface area (Å²) in [6.07, 6.45) is 0.825. The lowest BCUT2D eigenvalue weighted by molar-refractivity contribution is -0.385. The zero-order valence-corrected chi connectivity index (χ0v) is 14.8. The number of nitrogens with zero attached hydrogens (tertiary/aromatic N) is 1. The molecule has 1 atom stereocenters. The number of rotatable bonds is 6. The van der Waals surface area contributed by atoms with Crippen LogP contribution in [-0.4, -0.2) is 29.9 Å². The molecule has 0 aliphatic heterocycles. The van der Waals surface area contributed by atoms with E-state index in [4.69, 9.17) is 4.74 Å². The molecule has 0 radical (unpaired) electrons. The van der Waals surface area contributed by atoms with Gasteiger partial charge in [-0.15, -0.1) is 0 Å². The minimum atomic E-state index is -1.37. The highest BCUT2D eigenvalue weighted by molar-refractivity contribution is 5.98. The quantitative estimate of drug-likeness (QED) is 0.341. The number of carbonyl (C=O) groups excluding carboxylic acids is 3. The van der Waals surface area contributed by atoms with Gasteiger partial charge >= 0.3 is 12.0 Å². The molecule has 9 heteroatoms. The number of ether oxygens (including phenoxy) is 1. The molecule has 0 heterocycles. The number of nitro groups is 1. The molecule has 2 N–H and O–H groups in total. The Hall–Kier alpha value is -4.01. The summed E-state index contributed by atoms with van der Waals surface area (Å²) in [7, 11) is 1.33. The molecule has 0 aliphatic rings. The molecule has 2 aromatic rings. The van der Waals surface area contributed by atoms with Crippen molar-refractivity contribution in [3.8, 4) is 0 Å². The van der Waals surface area contributed by atoms with Gasteiger partial charge in [-0.3, -0.25) is 20.2 Å². The Morgan fingerprint density at radius 1 is 1.07 bits per heavy atom. The second-order valence-electron chi connectivity index (χ2n) is 5.45. The molecule has 0 fully saturated rings. The van der Waals surface area contributed by atoms with Crippen LogP contribution >= 0.6 is 0 Å². The van der Waals surface area contributed by atoms with Crippen LogP contribution in [0.1, 0.15) is 17.2 Å². The van der Waals surface area contributed by atoms with E-state index in [1.165, 1.54) is 31.3 Å². The molecule has 0 spiro atoms. The van der Waals surface area contributed by atoms with Crippen molar-refractivity contribution >= 4 is 29.7 Å². The number of esters is 1. The summed E-state index contributed by atoms with van der Waals surface area (Å²) in [6.45, 7) is 0. The summed E-state index contributed by atoms with van der Waals surface area (Å²) < 4.78 is 5.18. The third-order valence-corrected chi connectivity index (χ3v) is 3.57. The number of imide groups is 1. The molecule has 144 valence electrons. The van der Waals surface area contributed by atoms with Crippen LogP contribution in [0.5, 0.6) is 0 Å². The molecule has 0 saturated carbocycles. The Bertz CT molecular complexity index is 911.